The van der Waals surface area contributed by atoms with E-state index in [0.29, 0.717) is 5.56 Å². The van der Waals surface area contributed by atoms with E-state index in [1.165, 1.54) is 6.33 Å². The number of benzene rings is 2. The average Bonchev–Trinajstić information content (AvgIpc) is 3.21. The van der Waals surface area contributed by atoms with Gasteiger partial charge in [0.05, 0.1) is 11.7 Å². The van der Waals surface area contributed by atoms with Crippen LogP contribution in [0.1, 0.15) is 28.9 Å². The summed E-state index contributed by atoms with van der Waals surface area (Å²) in [5.41, 5.74) is 3.69. The fourth-order valence-corrected chi connectivity index (χ4v) is 2.77. The van der Waals surface area contributed by atoms with Gasteiger partial charge in [-0.15, -0.1) is 0 Å². The van der Waals surface area contributed by atoms with Crippen molar-refractivity contribution >= 4 is 11.6 Å². The van der Waals surface area contributed by atoms with Crippen LogP contribution in [-0.2, 0) is 0 Å². The van der Waals surface area contributed by atoms with Crippen LogP contribution in [0.2, 0.25) is 0 Å². The molecule has 0 N–H and O–H groups in total. The van der Waals surface area contributed by atoms with Crippen molar-refractivity contribution in [1.29, 1.82) is 0 Å². The van der Waals surface area contributed by atoms with Crippen molar-refractivity contribution in [1.82, 2.24) is 19.7 Å². The predicted molar refractivity (Wildman–Crippen MR) is 103 cm³/mol. The first-order valence-corrected chi connectivity index (χ1v) is 8.47. The summed E-state index contributed by atoms with van der Waals surface area (Å²) in [6.07, 6.45) is 3.16. The molecule has 0 saturated heterocycles. The molecule has 1 amide bonds. The Kier molecular flexibility index (Phi) is 5.02. The maximum atomic E-state index is 12.9. The highest BCUT2D eigenvalue weighted by molar-refractivity contribution is 5.95. The van der Waals surface area contributed by atoms with Gasteiger partial charge in [-0.1, -0.05) is 18.2 Å². The lowest BCUT2D eigenvalue weighted by molar-refractivity contribution is 0.0742. The molecule has 3 aromatic rings. The molecule has 1 aromatic heterocycles. The minimum Gasteiger partial charge on any atom is -0.378 e. The normalized spacial score (nSPS) is 11.8. The van der Waals surface area contributed by atoms with Gasteiger partial charge in [0.1, 0.15) is 12.7 Å². The number of hydrogen-bond acceptors (Lipinski definition) is 4. The highest BCUT2D eigenvalue weighted by Crippen LogP contribution is 2.23. The minimum atomic E-state index is -0.0460. The molecule has 6 nitrogen and oxygen atoms in total. The molecule has 2 aromatic carbocycles. The molecular formula is C20H23N5O. The molecule has 1 heterocycles. The summed E-state index contributed by atoms with van der Waals surface area (Å²) in [6, 6.07) is 15.6. The third-order valence-electron chi connectivity index (χ3n) is 4.57. The van der Waals surface area contributed by atoms with E-state index in [-0.39, 0.29) is 11.9 Å². The van der Waals surface area contributed by atoms with Gasteiger partial charge in [0.2, 0.25) is 0 Å². The van der Waals surface area contributed by atoms with E-state index >= 15 is 0 Å². The third kappa shape index (κ3) is 3.59. The summed E-state index contributed by atoms with van der Waals surface area (Å²) in [5.74, 6) is 0.00144. The van der Waals surface area contributed by atoms with Gasteiger partial charge in [0, 0.05) is 32.4 Å². The van der Waals surface area contributed by atoms with Crippen molar-refractivity contribution in [3.8, 4) is 5.69 Å². The van der Waals surface area contributed by atoms with Gasteiger partial charge in [-0.25, -0.2) is 9.67 Å². The van der Waals surface area contributed by atoms with E-state index in [1.807, 2.05) is 81.5 Å². The van der Waals surface area contributed by atoms with Crippen molar-refractivity contribution in [2.75, 3.05) is 26.0 Å². The zero-order valence-corrected chi connectivity index (χ0v) is 15.5. The molecule has 3 rings (SSSR count). The fourth-order valence-electron chi connectivity index (χ4n) is 2.77. The Bertz CT molecular complexity index is 871. The zero-order chi connectivity index (χ0) is 18.7. The van der Waals surface area contributed by atoms with Gasteiger partial charge in [0.15, 0.2) is 0 Å². The fraction of sp³-hybridized carbons (Fsp3) is 0.250. The van der Waals surface area contributed by atoms with Crippen LogP contribution in [0, 0.1) is 0 Å². The van der Waals surface area contributed by atoms with E-state index in [0.717, 1.165) is 16.9 Å². The van der Waals surface area contributed by atoms with Gasteiger partial charge in [-0.3, -0.25) is 4.79 Å². The van der Waals surface area contributed by atoms with Gasteiger partial charge in [0.25, 0.3) is 5.91 Å². The maximum absolute atomic E-state index is 12.9. The van der Waals surface area contributed by atoms with Crippen molar-refractivity contribution in [2.45, 2.75) is 13.0 Å². The molecule has 0 fully saturated rings. The lowest BCUT2D eigenvalue weighted by Gasteiger charge is -2.26. The van der Waals surface area contributed by atoms with Gasteiger partial charge in [-0.05, 0) is 42.8 Å². The first-order chi connectivity index (χ1) is 12.5. The quantitative estimate of drug-likeness (QED) is 0.710. The summed E-state index contributed by atoms with van der Waals surface area (Å²) in [5, 5.41) is 4.12. The number of carbonyl (C=O) groups excluding carboxylic acids is 1. The van der Waals surface area contributed by atoms with Crippen LogP contribution in [-0.4, -0.2) is 46.7 Å². The first-order valence-electron chi connectivity index (χ1n) is 8.47. The number of hydrogen-bond donors (Lipinski definition) is 0. The molecule has 26 heavy (non-hydrogen) atoms. The second-order valence-electron chi connectivity index (χ2n) is 6.47. The molecule has 1 unspecified atom stereocenters. The van der Waals surface area contributed by atoms with Crippen LogP contribution in [0.4, 0.5) is 5.69 Å². The summed E-state index contributed by atoms with van der Waals surface area (Å²) >= 11 is 0. The standard InChI is InChI=1S/C20H23N5O/c1-15(16-8-10-18(11-9-16)25-14-21-13-22-25)24(4)20(26)17-6-5-7-19(12-17)23(2)3/h5-15H,1-4H3. The number of anilines is 1. The van der Waals surface area contributed by atoms with E-state index in [4.69, 9.17) is 0 Å². The van der Waals surface area contributed by atoms with Crippen molar-refractivity contribution in [2.24, 2.45) is 0 Å². The van der Waals surface area contributed by atoms with Gasteiger partial charge < -0.3 is 9.80 Å². The predicted octanol–water partition coefficient (Wildman–Crippen LogP) is 3.17. The van der Waals surface area contributed by atoms with Gasteiger partial charge in [-0.2, -0.15) is 5.10 Å². The molecule has 0 saturated carbocycles. The molecule has 1 atom stereocenters. The Morgan fingerprint density at radius 2 is 1.81 bits per heavy atom. The summed E-state index contributed by atoms with van der Waals surface area (Å²) < 4.78 is 1.70. The number of nitrogens with zero attached hydrogens (tertiary/aromatic N) is 5. The molecule has 0 radical (unpaired) electrons. The monoisotopic (exact) mass is 349 g/mol. The smallest absolute Gasteiger partial charge is 0.254 e. The maximum Gasteiger partial charge on any atom is 0.254 e. The molecule has 6 heteroatoms. The Hall–Kier alpha value is -3.15. The topological polar surface area (TPSA) is 54.3 Å². The second-order valence-corrected chi connectivity index (χ2v) is 6.47. The van der Waals surface area contributed by atoms with Crippen molar-refractivity contribution in [3.63, 3.8) is 0 Å². The molecule has 0 aliphatic heterocycles. The van der Waals surface area contributed by atoms with Crippen molar-refractivity contribution < 1.29 is 4.79 Å². The highest BCUT2D eigenvalue weighted by atomic mass is 16.2. The largest absolute Gasteiger partial charge is 0.378 e. The van der Waals surface area contributed by atoms with Crippen LogP contribution >= 0.6 is 0 Å². The zero-order valence-electron chi connectivity index (χ0n) is 15.5. The lowest BCUT2D eigenvalue weighted by Crippen LogP contribution is -2.29. The van der Waals surface area contributed by atoms with Crippen LogP contribution in [0.15, 0.2) is 61.2 Å². The second kappa shape index (κ2) is 7.39. The van der Waals surface area contributed by atoms with Crippen LogP contribution in [0.25, 0.3) is 5.69 Å². The highest BCUT2D eigenvalue weighted by Gasteiger charge is 2.19. The molecule has 134 valence electrons. The van der Waals surface area contributed by atoms with Crippen LogP contribution in [0.5, 0.6) is 0 Å². The van der Waals surface area contributed by atoms with E-state index in [2.05, 4.69) is 10.1 Å². The molecule has 0 bridgehead atoms. The summed E-state index contributed by atoms with van der Waals surface area (Å²) in [6.45, 7) is 2.03. The van der Waals surface area contributed by atoms with Crippen molar-refractivity contribution in [3.05, 3.63) is 72.3 Å². The Morgan fingerprint density at radius 3 is 2.42 bits per heavy atom. The van der Waals surface area contributed by atoms with Crippen LogP contribution < -0.4 is 4.90 Å². The van der Waals surface area contributed by atoms with E-state index in [9.17, 15) is 4.79 Å². The summed E-state index contributed by atoms with van der Waals surface area (Å²) in [7, 11) is 5.76. The summed E-state index contributed by atoms with van der Waals surface area (Å²) in [4.78, 5) is 20.6. The third-order valence-corrected chi connectivity index (χ3v) is 4.57. The molecule has 0 aliphatic rings. The minimum absolute atomic E-state index is 0.00144. The number of carbonyl (C=O) groups is 1. The molecular weight excluding hydrogens is 326 g/mol. The van der Waals surface area contributed by atoms with E-state index < -0.39 is 0 Å². The number of amides is 1. The molecule has 0 spiro atoms. The van der Waals surface area contributed by atoms with Gasteiger partial charge >= 0.3 is 0 Å². The lowest BCUT2D eigenvalue weighted by atomic mass is 10.1. The Balaban J connectivity index is 1.77. The van der Waals surface area contributed by atoms with Crippen LogP contribution in [0.3, 0.4) is 0 Å². The average molecular weight is 349 g/mol. The number of rotatable bonds is 5. The Labute approximate surface area is 153 Å². The first kappa shape index (κ1) is 17.7. The van der Waals surface area contributed by atoms with E-state index in [1.54, 1.807) is 15.9 Å². The Morgan fingerprint density at radius 1 is 1.08 bits per heavy atom. The SMILES string of the molecule is CC(c1ccc(-n2cncn2)cc1)N(C)C(=O)c1cccc(N(C)C)c1. The molecule has 0 aliphatic carbocycles. The number of aromatic nitrogens is 3.